The molecule has 0 bridgehead atoms. The molecule has 0 aliphatic heterocycles. The first-order chi connectivity index (χ1) is 11.8. The van der Waals surface area contributed by atoms with Crippen LogP contribution in [-0.2, 0) is 5.75 Å². The summed E-state index contributed by atoms with van der Waals surface area (Å²) in [6.45, 7) is 0. The molecule has 3 aromatic heterocycles. The number of benzene rings is 1. The average Bonchev–Trinajstić information content (AvgIpc) is 3.26. The summed E-state index contributed by atoms with van der Waals surface area (Å²) in [5.74, 6) is 2.16. The number of hydrogen-bond donors (Lipinski definition) is 0. The van der Waals surface area contributed by atoms with Crippen molar-refractivity contribution >= 4 is 28.9 Å². The van der Waals surface area contributed by atoms with Gasteiger partial charge in [-0.05, 0) is 18.2 Å². The SMILES string of the molecule is COc1cccc(-c2nc(CSc3nc4ncccn4n3)cs2)c1. The molecule has 0 saturated carbocycles. The molecule has 0 spiro atoms. The van der Waals surface area contributed by atoms with Gasteiger partial charge in [0.25, 0.3) is 5.78 Å². The van der Waals surface area contributed by atoms with E-state index in [9.17, 15) is 0 Å². The maximum absolute atomic E-state index is 5.27. The maximum atomic E-state index is 5.27. The second-order valence-electron chi connectivity index (χ2n) is 4.92. The molecule has 3 heterocycles. The smallest absolute Gasteiger partial charge is 0.253 e. The molecule has 6 nitrogen and oxygen atoms in total. The van der Waals surface area contributed by atoms with Crippen molar-refractivity contribution in [2.45, 2.75) is 10.9 Å². The summed E-state index contributed by atoms with van der Waals surface area (Å²) in [7, 11) is 1.67. The summed E-state index contributed by atoms with van der Waals surface area (Å²) < 4.78 is 6.94. The molecule has 0 radical (unpaired) electrons. The molecule has 0 amide bonds. The highest BCUT2D eigenvalue weighted by Crippen LogP contribution is 2.29. The van der Waals surface area contributed by atoms with Crippen molar-refractivity contribution < 1.29 is 4.74 Å². The number of rotatable bonds is 5. The second-order valence-corrected chi connectivity index (χ2v) is 6.72. The number of nitrogens with zero attached hydrogens (tertiary/aromatic N) is 5. The molecule has 4 aromatic rings. The van der Waals surface area contributed by atoms with E-state index < -0.39 is 0 Å². The van der Waals surface area contributed by atoms with Crippen LogP contribution in [0.25, 0.3) is 16.3 Å². The van der Waals surface area contributed by atoms with Gasteiger partial charge in [0.1, 0.15) is 10.8 Å². The quantitative estimate of drug-likeness (QED) is 0.510. The number of hydrogen-bond acceptors (Lipinski definition) is 7. The molecule has 8 heteroatoms. The van der Waals surface area contributed by atoms with Gasteiger partial charge in [-0.1, -0.05) is 23.9 Å². The van der Waals surface area contributed by atoms with Crippen LogP contribution in [0.2, 0.25) is 0 Å². The number of ether oxygens (including phenoxy) is 1. The largest absolute Gasteiger partial charge is 0.497 e. The van der Waals surface area contributed by atoms with Crippen LogP contribution in [0, 0.1) is 0 Å². The summed E-state index contributed by atoms with van der Waals surface area (Å²) in [5.41, 5.74) is 2.07. The number of methoxy groups -OCH3 is 1. The molecular weight excluding hydrogens is 342 g/mol. The number of aromatic nitrogens is 5. The summed E-state index contributed by atoms with van der Waals surface area (Å²) >= 11 is 3.18. The van der Waals surface area contributed by atoms with Gasteiger partial charge in [0.2, 0.25) is 5.16 Å². The Hall–Kier alpha value is -2.45. The van der Waals surface area contributed by atoms with Crippen LogP contribution >= 0.6 is 23.1 Å². The van der Waals surface area contributed by atoms with Crippen LogP contribution in [0.3, 0.4) is 0 Å². The van der Waals surface area contributed by atoms with Gasteiger partial charge in [-0.25, -0.2) is 14.5 Å². The van der Waals surface area contributed by atoms with Crippen molar-refractivity contribution in [1.29, 1.82) is 0 Å². The van der Waals surface area contributed by atoms with E-state index in [4.69, 9.17) is 4.74 Å². The molecule has 0 N–H and O–H groups in total. The maximum Gasteiger partial charge on any atom is 0.253 e. The Morgan fingerprint density at radius 3 is 3.08 bits per heavy atom. The monoisotopic (exact) mass is 355 g/mol. The first-order valence-corrected chi connectivity index (χ1v) is 9.07. The third kappa shape index (κ3) is 3.10. The lowest BCUT2D eigenvalue weighted by molar-refractivity contribution is 0.415. The fourth-order valence-electron chi connectivity index (χ4n) is 2.18. The van der Waals surface area contributed by atoms with E-state index in [2.05, 4.69) is 25.4 Å². The Bertz CT molecular complexity index is 948. The van der Waals surface area contributed by atoms with E-state index in [1.165, 1.54) is 0 Å². The molecule has 1 aromatic carbocycles. The van der Waals surface area contributed by atoms with Gasteiger partial charge in [-0.2, -0.15) is 4.98 Å². The van der Waals surface area contributed by atoms with Crippen LogP contribution in [0.5, 0.6) is 5.75 Å². The molecule has 0 aliphatic rings. The van der Waals surface area contributed by atoms with Crippen molar-refractivity contribution in [3.8, 4) is 16.3 Å². The molecule has 0 fully saturated rings. The second kappa shape index (κ2) is 6.58. The van der Waals surface area contributed by atoms with Gasteiger partial charge in [0.15, 0.2) is 0 Å². The third-order valence-corrected chi connectivity index (χ3v) is 5.13. The predicted molar refractivity (Wildman–Crippen MR) is 94.4 cm³/mol. The molecule has 0 aliphatic carbocycles. The normalized spacial score (nSPS) is 11.0. The first kappa shape index (κ1) is 15.1. The molecule has 0 atom stereocenters. The van der Waals surface area contributed by atoms with Crippen LogP contribution in [0.4, 0.5) is 0 Å². The van der Waals surface area contributed by atoms with E-state index in [-0.39, 0.29) is 0 Å². The van der Waals surface area contributed by atoms with Crippen molar-refractivity contribution in [2.24, 2.45) is 0 Å². The van der Waals surface area contributed by atoms with Gasteiger partial charge < -0.3 is 4.74 Å². The lowest BCUT2D eigenvalue weighted by Crippen LogP contribution is -1.87. The van der Waals surface area contributed by atoms with Crippen LogP contribution in [-0.4, -0.2) is 31.7 Å². The highest BCUT2D eigenvalue weighted by atomic mass is 32.2. The van der Waals surface area contributed by atoms with Gasteiger partial charge in [0.05, 0.1) is 12.8 Å². The highest BCUT2D eigenvalue weighted by molar-refractivity contribution is 7.98. The molecule has 0 unspecified atom stereocenters. The number of thiazole rings is 1. The van der Waals surface area contributed by atoms with E-state index in [0.717, 1.165) is 27.8 Å². The molecular formula is C16H13N5OS2. The minimum Gasteiger partial charge on any atom is -0.497 e. The minimum absolute atomic E-state index is 0.607. The van der Waals surface area contributed by atoms with Crippen molar-refractivity contribution in [3.05, 3.63) is 53.8 Å². The zero-order chi connectivity index (χ0) is 16.4. The highest BCUT2D eigenvalue weighted by Gasteiger charge is 2.09. The zero-order valence-corrected chi connectivity index (χ0v) is 14.4. The van der Waals surface area contributed by atoms with E-state index in [0.29, 0.717) is 10.9 Å². The Kier molecular flexibility index (Phi) is 4.14. The Labute approximate surface area is 146 Å². The summed E-state index contributed by atoms with van der Waals surface area (Å²) in [4.78, 5) is 13.2. The fraction of sp³-hybridized carbons (Fsp3) is 0.125. The molecule has 24 heavy (non-hydrogen) atoms. The van der Waals surface area contributed by atoms with E-state index in [1.807, 2.05) is 36.5 Å². The summed E-state index contributed by atoms with van der Waals surface area (Å²) in [6, 6.07) is 9.75. The molecule has 120 valence electrons. The lowest BCUT2D eigenvalue weighted by atomic mass is 10.2. The molecule has 0 saturated heterocycles. The summed E-state index contributed by atoms with van der Waals surface area (Å²) in [6.07, 6.45) is 3.54. The molecule has 4 rings (SSSR count). The Morgan fingerprint density at radius 2 is 2.21 bits per heavy atom. The minimum atomic E-state index is 0.607. The van der Waals surface area contributed by atoms with Crippen molar-refractivity contribution in [2.75, 3.05) is 7.11 Å². The van der Waals surface area contributed by atoms with Gasteiger partial charge in [-0.3, -0.25) is 0 Å². The predicted octanol–water partition coefficient (Wildman–Crippen LogP) is 3.55. The third-order valence-electron chi connectivity index (χ3n) is 3.31. The van der Waals surface area contributed by atoms with Crippen LogP contribution in [0.15, 0.2) is 53.3 Å². The van der Waals surface area contributed by atoms with Gasteiger partial charge in [-0.15, -0.1) is 16.4 Å². The number of thioether (sulfide) groups is 1. The number of fused-ring (bicyclic) bond motifs is 1. The van der Waals surface area contributed by atoms with Crippen molar-refractivity contribution in [1.82, 2.24) is 24.6 Å². The van der Waals surface area contributed by atoms with Crippen molar-refractivity contribution in [3.63, 3.8) is 0 Å². The van der Waals surface area contributed by atoms with Crippen LogP contribution in [0.1, 0.15) is 5.69 Å². The standard InChI is InChI=1S/C16H13N5OS2/c1-22-13-5-2-4-11(8-13)14-18-12(9-23-14)10-24-16-19-15-17-6-3-7-21(15)20-16/h2-9H,10H2,1H3. The fourth-order valence-corrected chi connectivity index (χ4v) is 3.81. The van der Waals surface area contributed by atoms with Gasteiger partial charge >= 0.3 is 0 Å². The van der Waals surface area contributed by atoms with Gasteiger partial charge in [0, 0.05) is 29.1 Å². The lowest BCUT2D eigenvalue weighted by Gasteiger charge is -2.01. The Morgan fingerprint density at radius 1 is 1.25 bits per heavy atom. The van der Waals surface area contributed by atoms with E-state index in [1.54, 1.807) is 40.9 Å². The first-order valence-electron chi connectivity index (χ1n) is 7.21. The van der Waals surface area contributed by atoms with E-state index >= 15 is 0 Å². The Balaban J connectivity index is 1.48. The average molecular weight is 355 g/mol. The van der Waals surface area contributed by atoms with Crippen LogP contribution < -0.4 is 4.74 Å². The topological polar surface area (TPSA) is 65.2 Å². The zero-order valence-electron chi connectivity index (χ0n) is 12.8. The summed E-state index contributed by atoms with van der Waals surface area (Å²) in [5, 5.41) is 8.13.